The van der Waals surface area contributed by atoms with E-state index in [0.717, 1.165) is 12.1 Å². The minimum absolute atomic E-state index is 0.0329. The van der Waals surface area contributed by atoms with Gasteiger partial charge in [-0.15, -0.1) is 0 Å². The first-order valence-corrected chi connectivity index (χ1v) is 6.11. The molecule has 0 fully saturated rings. The van der Waals surface area contributed by atoms with Crippen molar-refractivity contribution in [1.82, 2.24) is 10.5 Å². The molecule has 0 aliphatic heterocycles. The summed E-state index contributed by atoms with van der Waals surface area (Å²) < 4.78 is 32.1. The van der Waals surface area contributed by atoms with Crippen LogP contribution < -0.4 is 5.32 Å². The molecule has 1 amide bonds. The first-order chi connectivity index (χ1) is 8.97. The summed E-state index contributed by atoms with van der Waals surface area (Å²) in [4.78, 5) is 11.7. The maximum Gasteiger partial charge on any atom is 0.257 e. The number of amides is 1. The zero-order valence-corrected chi connectivity index (χ0v) is 11.4. The minimum atomic E-state index is -0.930. The Kier molecular flexibility index (Phi) is 3.94. The molecular formula is C12H9BrF2N2O2. The van der Waals surface area contributed by atoms with Gasteiger partial charge >= 0.3 is 0 Å². The second kappa shape index (κ2) is 5.48. The minimum Gasteiger partial charge on any atom is -0.361 e. The van der Waals surface area contributed by atoms with Crippen LogP contribution in [0.1, 0.15) is 21.8 Å². The molecule has 0 spiro atoms. The second-order valence-corrected chi connectivity index (χ2v) is 4.77. The lowest BCUT2D eigenvalue weighted by Crippen LogP contribution is -2.25. The van der Waals surface area contributed by atoms with Gasteiger partial charge in [-0.05, 0) is 19.1 Å². The third-order valence-corrected chi connectivity index (χ3v) is 2.80. The number of nitrogens with one attached hydrogen (secondary N) is 1. The molecule has 1 aromatic carbocycles. The Morgan fingerprint density at radius 2 is 2.00 bits per heavy atom. The van der Waals surface area contributed by atoms with E-state index >= 15 is 0 Å². The van der Waals surface area contributed by atoms with Crippen molar-refractivity contribution in [1.29, 1.82) is 0 Å². The van der Waals surface area contributed by atoms with Crippen LogP contribution in [-0.4, -0.2) is 11.1 Å². The van der Waals surface area contributed by atoms with Crippen molar-refractivity contribution in [2.24, 2.45) is 0 Å². The van der Waals surface area contributed by atoms with Crippen LogP contribution in [0.4, 0.5) is 8.78 Å². The topological polar surface area (TPSA) is 55.1 Å². The van der Waals surface area contributed by atoms with Gasteiger partial charge in [-0.3, -0.25) is 4.79 Å². The molecule has 0 aliphatic carbocycles. The fraction of sp³-hybridized carbons (Fsp3) is 0.167. The summed E-state index contributed by atoms with van der Waals surface area (Å²) in [7, 11) is 0. The summed E-state index contributed by atoms with van der Waals surface area (Å²) >= 11 is 2.94. The van der Waals surface area contributed by atoms with Crippen molar-refractivity contribution >= 4 is 21.8 Å². The quantitative estimate of drug-likeness (QED) is 0.941. The molecule has 100 valence electrons. The lowest BCUT2D eigenvalue weighted by atomic mass is 10.2. The molecule has 0 saturated heterocycles. The third-order valence-electron chi connectivity index (χ3n) is 2.34. The molecule has 1 heterocycles. The van der Waals surface area contributed by atoms with Gasteiger partial charge in [-0.2, -0.15) is 0 Å². The van der Waals surface area contributed by atoms with E-state index < -0.39 is 23.1 Å². The number of carbonyl (C=O) groups is 1. The van der Waals surface area contributed by atoms with E-state index in [9.17, 15) is 13.6 Å². The molecule has 1 aromatic heterocycles. The highest BCUT2D eigenvalue weighted by atomic mass is 79.9. The van der Waals surface area contributed by atoms with Crippen molar-refractivity contribution < 1.29 is 18.1 Å². The van der Waals surface area contributed by atoms with Gasteiger partial charge in [0.15, 0.2) is 0 Å². The van der Waals surface area contributed by atoms with Gasteiger partial charge in [-0.25, -0.2) is 8.78 Å². The van der Waals surface area contributed by atoms with E-state index in [1.54, 1.807) is 13.0 Å². The maximum absolute atomic E-state index is 13.5. The molecule has 2 aromatic rings. The molecule has 0 unspecified atom stereocenters. The van der Waals surface area contributed by atoms with Crippen molar-refractivity contribution in [3.05, 3.63) is 51.3 Å². The predicted octanol–water partition coefficient (Wildman–Crippen LogP) is 2.95. The number of aromatic nitrogens is 1. The van der Waals surface area contributed by atoms with Gasteiger partial charge in [0, 0.05) is 10.5 Å². The molecule has 0 saturated carbocycles. The summed E-state index contributed by atoms with van der Waals surface area (Å²) in [5.41, 5.74) is -0.146. The fourth-order valence-electron chi connectivity index (χ4n) is 1.52. The van der Waals surface area contributed by atoms with E-state index in [1.807, 2.05) is 0 Å². The highest BCUT2D eigenvalue weighted by Gasteiger charge is 2.18. The molecule has 0 aliphatic rings. The standard InChI is InChI=1S/C12H9BrF2N2O2/c1-6-2-8(17-19-6)5-16-12(18)11-9(14)3-7(13)4-10(11)15/h2-4H,5H2,1H3,(H,16,18). The van der Waals surface area contributed by atoms with Crippen molar-refractivity contribution in [3.8, 4) is 0 Å². The number of aryl methyl sites for hydroxylation is 1. The summed E-state index contributed by atoms with van der Waals surface area (Å²) in [6, 6.07) is 3.67. The van der Waals surface area contributed by atoms with E-state index in [0.29, 0.717) is 11.5 Å². The van der Waals surface area contributed by atoms with Crippen LogP contribution >= 0.6 is 15.9 Å². The Morgan fingerprint density at radius 1 is 1.37 bits per heavy atom. The number of rotatable bonds is 3. The van der Waals surface area contributed by atoms with E-state index in [1.165, 1.54) is 0 Å². The number of nitrogens with zero attached hydrogens (tertiary/aromatic N) is 1. The summed E-state index contributed by atoms with van der Waals surface area (Å²) in [6.07, 6.45) is 0. The monoisotopic (exact) mass is 330 g/mol. The predicted molar refractivity (Wildman–Crippen MR) is 66.5 cm³/mol. The van der Waals surface area contributed by atoms with Crippen LogP contribution in [0.2, 0.25) is 0 Å². The molecule has 0 radical (unpaired) electrons. The summed E-state index contributed by atoms with van der Waals surface area (Å²) in [5, 5.41) is 6.03. The average molecular weight is 331 g/mol. The Hall–Kier alpha value is -1.76. The van der Waals surface area contributed by atoms with Gasteiger partial charge in [0.1, 0.15) is 28.7 Å². The molecule has 19 heavy (non-hydrogen) atoms. The lowest BCUT2D eigenvalue weighted by molar-refractivity contribution is 0.0941. The Labute approximate surface area is 115 Å². The molecule has 4 nitrogen and oxygen atoms in total. The summed E-state index contributed by atoms with van der Waals surface area (Å²) in [5.74, 6) is -2.12. The highest BCUT2D eigenvalue weighted by molar-refractivity contribution is 9.10. The van der Waals surface area contributed by atoms with Gasteiger partial charge in [0.05, 0.1) is 6.54 Å². The first kappa shape index (κ1) is 13.7. The first-order valence-electron chi connectivity index (χ1n) is 5.32. The normalized spacial score (nSPS) is 10.5. The van der Waals surface area contributed by atoms with E-state index in [-0.39, 0.29) is 11.0 Å². The third kappa shape index (κ3) is 3.17. The smallest absolute Gasteiger partial charge is 0.257 e. The highest BCUT2D eigenvalue weighted by Crippen LogP contribution is 2.19. The Balaban J connectivity index is 2.12. The van der Waals surface area contributed by atoms with E-state index in [4.69, 9.17) is 4.52 Å². The number of carbonyl (C=O) groups excluding carboxylic acids is 1. The van der Waals surface area contributed by atoms with Gasteiger partial charge < -0.3 is 9.84 Å². The maximum atomic E-state index is 13.5. The fourth-order valence-corrected chi connectivity index (χ4v) is 1.92. The van der Waals surface area contributed by atoms with Gasteiger partial charge in [-0.1, -0.05) is 21.1 Å². The molecule has 1 N–H and O–H groups in total. The van der Waals surface area contributed by atoms with Crippen LogP contribution in [0, 0.1) is 18.6 Å². The second-order valence-electron chi connectivity index (χ2n) is 3.86. The van der Waals surface area contributed by atoms with Crippen LogP contribution in [0.15, 0.2) is 27.2 Å². The molecular weight excluding hydrogens is 322 g/mol. The zero-order chi connectivity index (χ0) is 14.0. The molecule has 2 rings (SSSR count). The van der Waals surface area contributed by atoms with Crippen molar-refractivity contribution in [3.63, 3.8) is 0 Å². The van der Waals surface area contributed by atoms with Crippen molar-refractivity contribution in [2.75, 3.05) is 0 Å². The number of halogens is 3. The number of benzene rings is 1. The number of hydrogen-bond acceptors (Lipinski definition) is 3. The molecule has 7 heteroatoms. The zero-order valence-electron chi connectivity index (χ0n) is 9.84. The summed E-state index contributed by atoms with van der Waals surface area (Å²) in [6.45, 7) is 1.73. The van der Waals surface area contributed by atoms with Crippen LogP contribution in [-0.2, 0) is 6.54 Å². The van der Waals surface area contributed by atoms with Gasteiger partial charge in [0.25, 0.3) is 5.91 Å². The molecule has 0 atom stereocenters. The SMILES string of the molecule is Cc1cc(CNC(=O)c2c(F)cc(Br)cc2F)no1. The van der Waals surface area contributed by atoms with Crippen molar-refractivity contribution in [2.45, 2.75) is 13.5 Å². The Bertz CT molecular complexity index is 605. The molecule has 0 bridgehead atoms. The lowest BCUT2D eigenvalue weighted by Gasteiger charge is -2.06. The van der Waals surface area contributed by atoms with E-state index in [2.05, 4.69) is 26.4 Å². The van der Waals surface area contributed by atoms with Crippen LogP contribution in [0.25, 0.3) is 0 Å². The van der Waals surface area contributed by atoms with Crippen LogP contribution in [0.5, 0.6) is 0 Å². The largest absolute Gasteiger partial charge is 0.361 e. The number of hydrogen-bond donors (Lipinski definition) is 1. The van der Waals surface area contributed by atoms with Gasteiger partial charge in [0.2, 0.25) is 0 Å². The van der Waals surface area contributed by atoms with Crippen LogP contribution in [0.3, 0.4) is 0 Å². The average Bonchev–Trinajstić information content (AvgIpc) is 2.71. The Morgan fingerprint density at radius 3 is 2.53 bits per heavy atom.